The summed E-state index contributed by atoms with van der Waals surface area (Å²) in [5, 5.41) is 10.2. The third-order valence-corrected chi connectivity index (χ3v) is 2.36. The van der Waals surface area contributed by atoms with E-state index in [9.17, 15) is 19.2 Å². The second-order valence-electron chi connectivity index (χ2n) is 3.81. The van der Waals surface area contributed by atoms with Crippen molar-refractivity contribution in [2.24, 2.45) is 0 Å². The maximum Gasteiger partial charge on any atom is 0.372 e. The standard InChI is InChI=1S/C8H5NO2.C5H8O3/c10-7-5-3-1-2-4-6(5)8(11)9-7;1-2-3-4(6)5(7)8/h1-4H,(H,9,10,11);2-3H2,1H3,(H,7,8). The number of nitrogens with one attached hydrogen (secondary N) is 1. The lowest BCUT2D eigenvalue weighted by Gasteiger charge is -1.88. The van der Waals surface area contributed by atoms with E-state index in [1.54, 1.807) is 31.2 Å². The zero-order valence-electron chi connectivity index (χ0n) is 10.3. The number of carboxylic acids is 1. The molecular weight excluding hydrogens is 250 g/mol. The van der Waals surface area contributed by atoms with E-state index in [0.29, 0.717) is 17.5 Å². The normalized spacial score (nSPS) is 12.1. The summed E-state index contributed by atoms with van der Waals surface area (Å²) in [4.78, 5) is 41.8. The number of hydrogen-bond acceptors (Lipinski definition) is 4. The highest BCUT2D eigenvalue weighted by Crippen LogP contribution is 2.13. The van der Waals surface area contributed by atoms with Crippen LogP contribution in [0.1, 0.15) is 40.5 Å². The van der Waals surface area contributed by atoms with E-state index in [-0.39, 0.29) is 18.2 Å². The van der Waals surface area contributed by atoms with E-state index >= 15 is 0 Å². The van der Waals surface area contributed by atoms with Crippen molar-refractivity contribution in [2.45, 2.75) is 19.8 Å². The van der Waals surface area contributed by atoms with Crippen LogP contribution in [0.5, 0.6) is 0 Å². The Balaban J connectivity index is 0.000000203. The summed E-state index contributed by atoms with van der Waals surface area (Å²) in [7, 11) is 0. The number of imide groups is 1. The number of carbonyl (C=O) groups excluding carboxylic acids is 3. The van der Waals surface area contributed by atoms with Crippen molar-refractivity contribution in [3.05, 3.63) is 35.4 Å². The number of carboxylic acid groups (broad SMARTS) is 1. The number of carbonyl (C=O) groups is 4. The van der Waals surface area contributed by atoms with Crippen molar-refractivity contribution < 1.29 is 24.3 Å². The molecule has 0 spiro atoms. The summed E-state index contributed by atoms with van der Waals surface area (Å²) in [6, 6.07) is 6.74. The number of rotatable bonds is 3. The van der Waals surface area contributed by atoms with Crippen molar-refractivity contribution >= 4 is 23.6 Å². The van der Waals surface area contributed by atoms with Gasteiger partial charge in [0, 0.05) is 6.42 Å². The molecule has 0 aliphatic carbocycles. The van der Waals surface area contributed by atoms with Crippen molar-refractivity contribution in [1.29, 1.82) is 0 Å². The first-order valence-electron chi connectivity index (χ1n) is 5.68. The van der Waals surface area contributed by atoms with Gasteiger partial charge in [0.15, 0.2) is 0 Å². The molecule has 2 N–H and O–H groups in total. The van der Waals surface area contributed by atoms with Crippen LogP contribution in [0.15, 0.2) is 24.3 Å². The summed E-state index contributed by atoms with van der Waals surface area (Å²) in [6.07, 6.45) is 0.750. The molecule has 6 nitrogen and oxygen atoms in total. The second kappa shape index (κ2) is 6.44. The fourth-order valence-electron chi connectivity index (χ4n) is 1.45. The molecule has 0 aromatic heterocycles. The van der Waals surface area contributed by atoms with Crippen molar-refractivity contribution in [3.63, 3.8) is 0 Å². The van der Waals surface area contributed by atoms with Crippen LogP contribution in [0.2, 0.25) is 0 Å². The van der Waals surface area contributed by atoms with Gasteiger partial charge in [-0.05, 0) is 18.6 Å². The Kier molecular flexibility index (Phi) is 4.93. The maximum absolute atomic E-state index is 10.9. The molecule has 2 amide bonds. The molecule has 0 fully saturated rings. The van der Waals surface area contributed by atoms with Gasteiger partial charge in [-0.15, -0.1) is 0 Å². The van der Waals surface area contributed by atoms with E-state index in [1.807, 2.05) is 0 Å². The van der Waals surface area contributed by atoms with E-state index < -0.39 is 11.8 Å². The van der Waals surface area contributed by atoms with Crippen LogP contribution < -0.4 is 5.32 Å². The van der Waals surface area contributed by atoms with Crippen LogP contribution in [-0.4, -0.2) is 28.7 Å². The molecule has 0 atom stereocenters. The van der Waals surface area contributed by atoms with E-state index in [0.717, 1.165) is 0 Å². The van der Waals surface area contributed by atoms with Gasteiger partial charge in [-0.25, -0.2) is 4.79 Å². The van der Waals surface area contributed by atoms with Crippen LogP contribution in [0.25, 0.3) is 0 Å². The molecule has 1 heterocycles. The molecule has 1 aromatic carbocycles. The van der Waals surface area contributed by atoms with Crippen molar-refractivity contribution in [1.82, 2.24) is 5.32 Å². The van der Waals surface area contributed by atoms with Gasteiger partial charge < -0.3 is 5.11 Å². The molecule has 0 saturated heterocycles. The maximum atomic E-state index is 10.9. The van der Waals surface area contributed by atoms with Crippen LogP contribution in [-0.2, 0) is 9.59 Å². The van der Waals surface area contributed by atoms with Crippen LogP contribution in [0, 0.1) is 0 Å². The Morgan fingerprint density at radius 1 is 1.11 bits per heavy atom. The molecular formula is C13H13NO5. The van der Waals surface area contributed by atoms with Gasteiger partial charge in [0.2, 0.25) is 5.78 Å². The predicted molar refractivity (Wildman–Crippen MR) is 65.8 cm³/mol. The Labute approximate surface area is 109 Å². The lowest BCUT2D eigenvalue weighted by Crippen LogP contribution is -2.19. The molecule has 100 valence electrons. The van der Waals surface area contributed by atoms with Crippen molar-refractivity contribution in [3.8, 4) is 0 Å². The highest BCUT2D eigenvalue weighted by atomic mass is 16.4. The average molecular weight is 263 g/mol. The molecule has 0 radical (unpaired) electrons. The Bertz CT molecular complexity index is 503. The summed E-state index contributed by atoms with van der Waals surface area (Å²) in [6.45, 7) is 1.76. The van der Waals surface area contributed by atoms with Gasteiger partial charge in [-0.1, -0.05) is 19.1 Å². The van der Waals surface area contributed by atoms with E-state index in [4.69, 9.17) is 5.11 Å². The van der Waals surface area contributed by atoms with Gasteiger partial charge >= 0.3 is 5.97 Å². The van der Waals surface area contributed by atoms with E-state index in [2.05, 4.69) is 5.32 Å². The Hall–Kier alpha value is -2.50. The molecule has 0 saturated carbocycles. The third kappa shape index (κ3) is 3.74. The third-order valence-electron chi connectivity index (χ3n) is 2.36. The number of benzene rings is 1. The molecule has 2 rings (SSSR count). The van der Waals surface area contributed by atoms with Gasteiger partial charge in [0.25, 0.3) is 11.8 Å². The molecule has 0 unspecified atom stereocenters. The number of aliphatic carboxylic acids is 1. The number of Topliss-reactive ketones (excluding diaryl/α,β-unsaturated/α-hetero) is 1. The first kappa shape index (κ1) is 14.6. The first-order valence-corrected chi connectivity index (χ1v) is 5.68. The Morgan fingerprint density at radius 3 is 1.89 bits per heavy atom. The molecule has 1 aromatic rings. The van der Waals surface area contributed by atoms with Gasteiger partial charge in [-0.3, -0.25) is 19.7 Å². The average Bonchev–Trinajstić information content (AvgIpc) is 2.67. The Morgan fingerprint density at radius 2 is 1.58 bits per heavy atom. The predicted octanol–water partition coefficient (Wildman–Crippen LogP) is 1.01. The van der Waals surface area contributed by atoms with Crippen LogP contribution in [0.4, 0.5) is 0 Å². The smallest absolute Gasteiger partial charge is 0.372 e. The van der Waals surface area contributed by atoms with E-state index in [1.165, 1.54) is 0 Å². The van der Waals surface area contributed by atoms with Gasteiger partial charge in [-0.2, -0.15) is 0 Å². The fraction of sp³-hybridized carbons (Fsp3) is 0.231. The molecule has 6 heteroatoms. The monoisotopic (exact) mass is 263 g/mol. The largest absolute Gasteiger partial charge is 0.476 e. The first-order chi connectivity index (χ1) is 8.97. The number of hydrogen-bond donors (Lipinski definition) is 2. The number of fused-ring (bicyclic) bond motifs is 1. The quantitative estimate of drug-likeness (QED) is 0.626. The molecule has 19 heavy (non-hydrogen) atoms. The molecule has 1 aliphatic heterocycles. The highest BCUT2D eigenvalue weighted by Gasteiger charge is 2.25. The van der Waals surface area contributed by atoms with Crippen LogP contribution in [0.3, 0.4) is 0 Å². The summed E-state index contributed by atoms with van der Waals surface area (Å²) in [5.74, 6) is -2.63. The highest BCUT2D eigenvalue weighted by molar-refractivity contribution is 6.32. The lowest BCUT2D eigenvalue weighted by molar-refractivity contribution is -0.149. The topological polar surface area (TPSA) is 101 Å². The minimum absolute atomic E-state index is 0.148. The van der Waals surface area contributed by atoms with Crippen LogP contribution >= 0.6 is 0 Å². The van der Waals surface area contributed by atoms with Crippen molar-refractivity contribution in [2.75, 3.05) is 0 Å². The zero-order chi connectivity index (χ0) is 14.4. The zero-order valence-corrected chi connectivity index (χ0v) is 10.3. The molecule has 0 bridgehead atoms. The van der Waals surface area contributed by atoms with Gasteiger partial charge in [0.1, 0.15) is 0 Å². The second-order valence-corrected chi connectivity index (χ2v) is 3.81. The summed E-state index contributed by atoms with van der Waals surface area (Å²) in [5.41, 5.74) is 0.940. The summed E-state index contributed by atoms with van der Waals surface area (Å²) < 4.78 is 0. The number of ketones is 1. The fourth-order valence-corrected chi connectivity index (χ4v) is 1.45. The minimum atomic E-state index is -1.33. The molecule has 1 aliphatic rings. The minimum Gasteiger partial charge on any atom is -0.476 e. The summed E-state index contributed by atoms with van der Waals surface area (Å²) >= 11 is 0. The van der Waals surface area contributed by atoms with Gasteiger partial charge in [0.05, 0.1) is 11.1 Å². The number of amides is 2. The SMILES string of the molecule is CCCC(=O)C(=O)O.O=C1NC(=O)c2ccccc21. The lowest BCUT2D eigenvalue weighted by atomic mass is 10.1.